The summed E-state index contributed by atoms with van der Waals surface area (Å²) in [6.07, 6.45) is -7.10. The second kappa shape index (κ2) is 16.1. The first-order valence-corrected chi connectivity index (χ1v) is 20.0. The van der Waals surface area contributed by atoms with Gasteiger partial charge in [-0.05, 0) is 71.5 Å². The third-order valence-electron chi connectivity index (χ3n) is 10.0. The number of halogens is 8. The molecule has 17 heteroatoms. The van der Waals surface area contributed by atoms with Crippen molar-refractivity contribution in [2.45, 2.75) is 117 Å². The number of nitrogens with zero attached hydrogens (tertiary/aromatic N) is 4. The van der Waals surface area contributed by atoms with Crippen LogP contribution in [0.3, 0.4) is 0 Å². The van der Waals surface area contributed by atoms with Gasteiger partial charge in [-0.15, -0.1) is 0 Å². The van der Waals surface area contributed by atoms with E-state index in [1.54, 1.807) is 13.8 Å². The SMILES string of the molecule is CCOC(=O)C1(C)CCC(n2ncc(C(=O)N(CC(O[Si](CC)(CC)CC)c3c(Cl)cncc3Cl)CC(C)(C)C(F)(F)F)c2C(F)(F)F)CC1. The van der Waals surface area contributed by atoms with Crippen molar-refractivity contribution < 1.29 is 45.1 Å². The summed E-state index contributed by atoms with van der Waals surface area (Å²) in [5.74, 6) is -1.75. The van der Waals surface area contributed by atoms with Gasteiger partial charge in [0, 0.05) is 24.5 Å². The van der Waals surface area contributed by atoms with Gasteiger partial charge in [-0.25, -0.2) is 0 Å². The van der Waals surface area contributed by atoms with E-state index in [0.717, 1.165) is 29.6 Å². The Kier molecular flexibility index (Phi) is 13.6. The minimum absolute atomic E-state index is 0.0344. The number of hydrogen-bond donors (Lipinski definition) is 0. The van der Waals surface area contributed by atoms with Crippen molar-refractivity contribution in [2.24, 2.45) is 10.8 Å². The second-order valence-corrected chi connectivity index (χ2v) is 19.3. The van der Waals surface area contributed by atoms with Crippen LogP contribution in [0.2, 0.25) is 28.2 Å². The molecule has 0 bridgehead atoms. The Bertz CT molecular complexity index is 1460. The fourth-order valence-corrected chi connectivity index (χ4v) is 9.85. The molecular formula is C33H46Cl2F6N4O4Si. The lowest BCUT2D eigenvalue weighted by molar-refractivity contribution is -0.215. The summed E-state index contributed by atoms with van der Waals surface area (Å²) in [5.41, 5.74) is -5.53. The smallest absolute Gasteiger partial charge is 0.433 e. The molecule has 2 aromatic heterocycles. The van der Waals surface area contributed by atoms with Crippen LogP contribution in [0.4, 0.5) is 26.3 Å². The number of aromatic nitrogens is 3. The minimum atomic E-state index is -5.10. The van der Waals surface area contributed by atoms with Gasteiger partial charge >= 0.3 is 18.3 Å². The number of carbonyl (C=O) groups excluding carboxylic acids is 2. The summed E-state index contributed by atoms with van der Waals surface area (Å²) in [6, 6.07) is 1.01. The molecule has 0 aliphatic heterocycles. The van der Waals surface area contributed by atoms with Crippen LogP contribution in [0, 0.1) is 10.8 Å². The van der Waals surface area contributed by atoms with Crippen LogP contribution >= 0.6 is 23.2 Å². The maximum Gasteiger partial charge on any atom is 0.433 e. The number of rotatable bonds is 14. The van der Waals surface area contributed by atoms with Crippen LogP contribution in [0.25, 0.3) is 0 Å². The Morgan fingerprint density at radius 2 is 1.54 bits per heavy atom. The highest BCUT2D eigenvalue weighted by Gasteiger charge is 2.51. The molecule has 8 nitrogen and oxygen atoms in total. The van der Waals surface area contributed by atoms with Gasteiger partial charge in [0.2, 0.25) is 0 Å². The van der Waals surface area contributed by atoms with Crippen molar-refractivity contribution in [1.82, 2.24) is 19.7 Å². The van der Waals surface area contributed by atoms with E-state index in [4.69, 9.17) is 32.4 Å². The summed E-state index contributed by atoms with van der Waals surface area (Å²) in [7, 11) is -2.60. The Morgan fingerprint density at radius 1 is 1.00 bits per heavy atom. The molecule has 0 saturated heterocycles. The van der Waals surface area contributed by atoms with Crippen molar-refractivity contribution >= 4 is 43.4 Å². The number of hydrogen-bond acceptors (Lipinski definition) is 6. The van der Waals surface area contributed by atoms with Crippen molar-refractivity contribution in [3.63, 3.8) is 0 Å². The zero-order valence-electron chi connectivity index (χ0n) is 29.4. The molecule has 1 fully saturated rings. The molecule has 0 N–H and O–H groups in total. The molecule has 3 rings (SSSR count). The highest BCUT2D eigenvalue weighted by atomic mass is 35.5. The van der Waals surface area contributed by atoms with Gasteiger partial charge in [-0.2, -0.15) is 31.4 Å². The molecule has 1 atom stereocenters. The van der Waals surface area contributed by atoms with E-state index in [-0.39, 0.29) is 47.9 Å². The first kappa shape index (κ1) is 42.1. The molecule has 1 saturated carbocycles. The van der Waals surface area contributed by atoms with Gasteiger partial charge in [-0.3, -0.25) is 19.3 Å². The van der Waals surface area contributed by atoms with Crippen LogP contribution < -0.4 is 0 Å². The van der Waals surface area contributed by atoms with Crippen LogP contribution in [0.5, 0.6) is 0 Å². The molecule has 1 aliphatic carbocycles. The molecule has 2 heterocycles. The monoisotopic (exact) mass is 774 g/mol. The quantitative estimate of drug-likeness (QED) is 0.108. The molecular weight excluding hydrogens is 729 g/mol. The highest BCUT2D eigenvalue weighted by molar-refractivity contribution is 6.73. The predicted octanol–water partition coefficient (Wildman–Crippen LogP) is 10.1. The lowest BCUT2D eigenvalue weighted by Crippen LogP contribution is -2.49. The van der Waals surface area contributed by atoms with Crippen molar-refractivity contribution in [3.05, 3.63) is 45.5 Å². The summed E-state index contributed by atoms with van der Waals surface area (Å²) >= 11 is 13.0. The normalized spacial score (nSPS) is 19.7. The van der Waals surface area contributed by atoms with Crippen LogP contribution in [0.1, 0.15) is 108 Å². The second-order valence-electron chi connectivity index (χ2n) is 13.8. The number of carbonyl (C=O) groups is 2. The third kappa shape index (κ3) is 9.16. The van der Waals surface area contributed by atoms with Crippen LogP contribution in [0.15, 0.2) is 18.6 Å². The fraction of sp³-hybridized carbons (Fsp3) is 0.697. The van der Waals surface area contributed by atoms with Gasteiger partial charge < -0.3 is 14.1 Å². The Morgan fingerprint density at radius 3 is 2.00 bits per heavy atom. The third-order valence-corrected chi connectivity index (χ3v) is 15.3. The van der Waals surface area contributed by atoms with Crippen LogP contribution in [-0.4, -0.2) is 65.7 Å². The molecule has 0 radical (unpaired) electrons. The van der Waals surface area contributed by atoms with Gasteiger partial charge in [0.25, 0.3) is 5.91 Å². The first-order valence-electron chi connectivity index (χ1n) is 16.7. The maximum absolute atomic E-state index is 14.9. The summed E-state index contributed by atoms with van der Waals surface area (Å²) < 4.78 is 100. The first-order chi connectivity index (χ1) is 23.1. The summed E-state index contributed by atoms with van der Waals surface area (Å²) in [6.45, 7) is 9.44. The summed E-state index contributed by atoms with van der Waals surface area (Å²) in [4.78, 5) is 31.5. The zero-order chi connectivity index (χ0) is 37.9. The number of esters is 1. The Balaban J connectivity index is 2.15. The van der Waals surface area contributed by atoms with Crippen LogP contribution in [-0.2, 0) is 20.1 Å². The molecule has 1 aliphatic rings. The van der Waals surface area contributed by atoms with Gasteiger partial charge in [0.15, 0.2) is 14.0 Å². The molecule has 2 aromatic rings. The lowest BCUT2D eigenvalue weighted by Gasteiger charge is -2.39. The predicted molar refractivity (Wildman–Crippen MR) is 180 cm³/mol. The van der Waals surface area contributed by atoms with E-state index in [9.17, 15) is 35.9 Å². The van der Waals surface area contributed by atoms with Crippen molar-refractivity contribution in [1.29, 1.82) is 0 Å². The number of amides is 1. The Labute approximate surface area is 300 Å². The topological polar surface area (TPSA) is 86.6 Å². The lowest BCUT2D eigenvalue weighted by atomic mass is 9.74. The molecule has 1 unspecified atom stereocenters. The average molecular weight is 776 g/mol. The van der Waals surface area contributed by atoms with Gasteiger partial charge in [0.1, 0.15) is 0 Å². The minimum Gasteiger partial charge on any atom is -0.466 e. The molecule has 0 aromatic carbocycles. The van der Waals surface area contributed by atoms with Crippen molar-refractivity contribution in [3.8, 4) is 0 Å². The summed E-state index contributed by atoms with van der Waals surface area (Å²) in [5, 5.41) is 4.05. The average Bonchev–Trinajstić information content (AvgIpc) is 3.49. The molecule has 0 spiro atoms. The van der Waals surface area contributed by atoms with E-state index in [2.05, 4.69) is 10.1 Å². The van der Waals surface area contributed by atoms with E-state index >= 15 is 0 Å². The number of alkyl halides is 6. The standard InChI is InChI=1S/C33H46Cl2F6N4O4Si/c1-8-48-29(47)31(7)14-12-21(13-15-31)45-27(32(36,37)38)22(16-43-45)28(46)44(20-30(5,6)33(39,40)41)19-25(49-50(9-2,10-3)11-4)26-23(34)17-42-18-24(26)35/h16-18,21,25H,8-15,19-20H2,1-7H3. The van der Waals surface area contributed by atoms with Gasteiger partial charge in [0.05, 0.1) is 57.9 Å². The fourth-order valence-electron chi connectivity index (χ4n) is 6.45. The Hall–Kier alpha value is -2.36. The number of pyridine rings is 1. The van der Waals surface area contributed by atoms with E-state index in [0.29, 0.717) is 18.1 Å². The largest absolute Gasteiger partial charge is 0.466 e. The van der Waals surface area contributed by atoms with Gasteiger partial charge in [-0.1, -0.05) is 44.0 Å². The molecule has 50 heavy (non-hydrogen) atoms. The molecule has 1 amide bonds. The van der Waals surface area contributed by atoms with E-state index in [1.807, 2.05) is 20.8 Å². The van der Waals surface area contributed by atoms with E-state index < -0.39 is 79.9 Å². The van der Waals surface area contributed by atoms with Crippen molar-refractivity contribution in [2.75, 3.05) is 19.7 Å². The maximum atomic E-state index is 14.9. The highest BCUT2D eigenvalue weighted by Crippen LogP contribution is 2.45. The molecule has 282 valence electrons. The number of ether oxygens (including phenoxy) is 1. The zero-order valence-corrected chi connectivity index (χ0v) is 31.9. The van der Waals surface area contributed by atoms with E-state index in [1.165, 1.54) is 12.4 Å².